The minimum atomic E-state index is -4.54. The molecule has 0 unspecified atom stereocenters. The zero-order chi connectivity index (χ0) is 19.9. The minimum absolute atomic E-state index is 0.247. The molecule has 0 bridgehead atoms. The molecule has 0 radical (unpaired) electrons. The van der Waals surface area contributed by atoms with E-state index < -0.39 is 17.8 Å². The van der Waals surface area contributed by atoms with E-state index >= 15 is 0 Å². The van der Waals surface area contributed by atoms with Gasteiger partial charge in [-0.1, -0.05) is 18.2 Å². The summed E-state index contributed by atoms with van der Waals surface area (Å²) in [6.07, 6.45) is -4.06. The first kappa shape index (κ1) is 20.4. The number of anilines is 1. The first-order chi connectivity index (χ1) is 12.8. The van der Waals surface area contributed by atoms with E-state index in [1.165, 1.54) is 25.3 Å². The van der Waals surface area contributed by atoms with E-state index in [2.05, 4.69) is 10.6 Å². The summed E-state index contributed by atoms with van der Waals surface area (Å²) in [5.74, 6) is 1.20. The van der Waals surface area contributed by atoms with Crippen LogP contribution in [0.2, 0.25) is 0 Å². The molecule has 0 aromatic heterocycles. The van der Waals surface area contributed by atoms with Gasteiger partial charge in [0.25, 0.3) is 0 Å². The van der Waals surface area contributed by atoms with Crippen molar-refractivity contribution in [2.45, 2.75) is 19.5 Å². The lowest BCUT2D eigenvalue weighted by molar-refractivity contribution is -0.136. The molecular weight excluding hydrogens is 361 g/mol. The molecule has 2 rings (SSSR count). The van der Waals surface area contributed by atoms with Crippen molar-refractivity contribution in [2.75, 3.05) is 25.6 Å². The van der Waals surface area contributed by atoms with E-state index in [0.29, 0.717) is 24.5 Å². The normalized spacial score (nSPS) is 11.0. The summed E-state index contributed by atoms with van der Waals surface area (Å²) in [6, 6.07) is 9.53. The molecule has 0 atom stereocenters. The molecule has 0 aliphatic rings. The Kier molecular flexibility index (Phi) is 6.92. The van der Waals surface area contributed by atoms with Crippen molar-refractivity contribution >= 4 is 11.7 Å². The van der Waals surface area contributed by atoms with Gasteiger partial charge in [-0.25, -0.2) is 4.79 Å². The zero-order valence-corrected chi connectivity index (χ0v) is 15.0. The molecule has 2 aromatic rings. The quantitative estimate of drug-likeness (QED) is 0.743. The summed E-state index contributed by atoms with van der Waals surface area (Å²) in [4.78, 5) is 11.9. The number of alkyl halides is 3. The largest absolute Gasteiger partial charge is 0.493 e. The number of para-hydroxylation sites is 1. The second-order valence-corrected chi connectivity index (χ2v) is 5.59. The van der Waals surface area contributed by atoms with Gasteiger partial charge in [0.2, 0.25) is 0 Å². The number of ether oxygens (including phenoxy) is 2. The van der Waals surface area contributed by atoms with Crippen molar-refractivity contribution in [1.82, 2.24) is 5.32 Å². The third kappa shape index (κ3) is 5.80. The van der Waals surface area contributed by atoms with Gasteiger partial charge in [-0.2, -0.15) is 13.2 Å². The Hall–Kier alpha value is -2.90. The van der Waals surface area contributed by atoms with Crippen molar-refractivity contribution in [2.24, 2.45) is 0 Å². The molecule has 5 nitrogen and oxygen atoms in total. The molecule has 0 heterocycles. The average Bonchev–Trinajstić information content (AvgIpc) is 2.62. The fourth-order valence-electron chi connectivity index (χ4n) is 2.47. The van der Waals surface area contributed by atoms with Gasteiger partial charge in [0.15, 0.2) is 11.5 Å². The van der Waals surface area contributed by atoms with Crippen molar-refractivity contribution < 1.29 is 27.4 Å². The van der Waals surface area contributed by atoms with Gasteiger partial charge in [-0.15, -0.1) is 0 Å². The molecule has 0 saturated heterocycles. The zero-order valence-electron chi connectivity index (χ0n) is 15.0. The van der Waals surface area contributed by atoms with Gasteiger partial charge >= 0.3 is 12.2 Å². The van der Waals surface area contributed by atoms with Gasteiger partial charge in [0.1, 0.15) is 0 Å². The topological polar surface area (TPSA) is 59.6 Å². The van der Waals surface area contributed by atoms with E-state index in [1.54, 1.807) is 12.1 Å². The van der Waals surface area contributed by atoms with Crippen LogP contribution in [0, 0.1) is 0 Å². The molecule has 0 saturated carbocycles. The fraction of sp³-hybridized carbons (Fsp3) is 0.316. The van der Waals surface area contributed by atoms with Gasteiger partial charge in [0.05, 0.1) is 25.0 Å². The highest BCUT2D eigenvalue weighted by Gasteiger charge is 2.33. The van der Waals surface area contributed by atoms with Crippen LogP contribution in [0.4, 0.5) is 23.7 Å². The molecule has 2 N–H and O–H groups in total. The molecule has 2 amide bonds. The number of halogens is 3. The van der Waals surface area contributed by atoms with Crippen LogP contribution < -0.4 is 20.1 Å². The first-order valence-electron chi connectivity index (χ1n) is 8.36. The van der Waals surface area contributed by atoms with E-state index in [-0.39, 0.29) is 12.2 Å². The number of hydrogen-bond acceptors (Lipinski definition) is 3. The number of hydrogen-bond donors (Lipinski definition) is 2. The summed E-state index contributed by atoms with van der Waals surface area (Å²) in [5, 5.41) is 4.78. The Morgan fingerprint density at radius 1 is 1.11 bits per heavy atom. The van der Waals surface area contributed by atoms with Gasteiger partial charge < -0.3 is 20.1 Å². The standard InChI is InChI=1S/C19H21F3N2O3/c1-3-27-16-9-8-13(12-17(16)26-2)10-11-23-18(25)24-15-7-5-4-6-14(15)19(20,21)22/h4-9,12H,3,10-11H2,1-2H3,(H2,23,24,25). The molecule has 0 spiro atoms. The summed E-state index contributed by atoms with van der Waals surface area (Å²) in [7, 11) is 1.53. The predicted molar refractivity (Wildman–Crippen MR) is 96.3 cm³/mol. The molecular formula is C19H21F3N2O3. The van der Waals surface area contributed by atoms with Crippen molar-refractivity contribution in [3.8, 4) is 11.5 Å². The fourth-order valence-corrected chi connectivity index (χ4v) is 2.47. The second-order valence-electron chi connectivity index (χ2n) is 5.59. The summed E-state index contributed by atoms with van der Waals surface area (Å²) in [6.45, 7) is 2.63. The number of carbonyl (C=O) groups excluding carboxylic acids is 1. The molecule has 146 valence electrons. The van der Waals surface area contributed by atoms with E-state index in [9.17, 15) is 18.0 Å². The van der Waals surface area contributed by atoms with Crippen molar-refractivity contribution in [3.63, 3.8) is 0 Å². The van der Waals surface area contributed by atoms with Crippen LogP contribution in [0.15, 0.2) is 42.5 Å². The Bertz CT molecular complexity index is 779. The lowest BCUT2D eigenvalue weighted by Crippen LogP contribution is -2.31. The smallest absolute Gasteiger partial charge is 0.418 e. The Balaban J connectivity index is 1.92. The van der Waals surface area contributed by atoms with Gasteiger partial charge in [0, 0.05) is 6.54 Å². The van der Waals surface area contributed by atoms with Crippen LogP contribution >= 0.6 is 0 Å². The molecule has 2 aromatic carbocycles. The number of nitrogens with one attached hydrogen (secondary N) is 2. The highest BCUT2D eigenvalue weighted by atomic mass is 19.4. The minimum Gasteiger partial charge on any atom is -0.493 e. The molecule has 0 aliphatic heterocycles. The number of amides is 2. The molecule has 27 heavy (non-hydrogen) atoms. The van der Waals surface area contributed by atoms with Crippen LogP contribution in [0.25, 0.3) is 0 Å². The van der Waals surface area contributed by atoms with E-state index in [4.69, 9.17) is 9.47 Å². The van der Waals surface area contributed by atoms with Crippen LogP contribution in [-0.2, 0) is 12.6 Å². The molecule has 0 fully saturated rings. The number of urea groups is 1. The number of methoxy groups -OCH3 is 1. The maximum absolute atomic E-state index is 12.9. The number of carbonyl (C=O) groups is 1. The summed E-state index contributed by atoms with van der Waals surface area (Å²) < 4.78 is 49.5. The highest BCUT2D eigenvalue weighted by molar-refractivity contribution is 5.90. The monoisotopic (exact) mass is 382 g/mol. The van der Waals surface area contributed by atoms with Crippen LogP contribution in [-0.4, -0.2) is 26.3 Å². The Labute approximate surface area is 155 Å². The highest BCUT2D eigenvalue weighted by Crippen LogP contribution is 2.34. The van der Waals surface area contributed by atoms with Crippen LogP contribution in [0.5, 0.6) is 11.5 Å². The third-order valence-electron chi connectivity index (χ3n) is 3.71. The third-order valence-corrected chi connectivity index (χ3v) is 3.71. The van der Waals surface area contributed by atoms with Crippen LogP contribution in [0.1, 0.15) is 18.1 Å². The number of benzene rings is 2. The maximum atomic E-state index is 12.9. The second kappa shape index (κ2) is 9.16. The van der Waals surface area contributed by atoms with E-state index in [0.717, 1.165) is 11.6 Å². The lowest BCUT2D eigenvalue weighted by Gasteiger charge is -2.14. The Morgan fingerprint density at radius 2 is 1.85 bits per heavy atom. The molecule has 8 heteroatoms. The van der Waals surface area contributed by atoms with Crippen LogP contribution in [0.3, 0.4) is 0 Å². The summed E-state index contributed by atoms with van der Waals surface area (Å²) >= 11 is 0. The number of rotatable bonds is 7. The van der Waals surface area contributed by atoms with Crippen molar-refractivity contribution in [3.05, 3.63) is 53.6 Å². The maximum Gasteiger partial charge on any atom is 0.418 e. The lowest BCUT2D eigenvalue weighted by atomic mass is 10.1. The van der Waals surface area contributed by atoms with E-state index in [1.807, 2.05) is 13.0 Å². The SMILES string of the molecule is CCOc1ccc(CCNC(=O)Nc2ccccc2C(F)(F)F)cc1OC. The average molecular weight is 382 g/mol. The first-order valence-corrected chi connectivity index (χ1v) is 8.36. The molecule has 0 aliphatic carbocycles. The van der Waals surface area contributed by atoms with Gasteiger partial charge in [-0.3, -0.25) is 0 Å². The summed E-state index contributed by atoms with van der Waals surface area (Å²) in [5.41, 5.74) is -0.284. The van der Waals surface area contributed by atoms with Gasteiger partial charge in [-0.05, 0) is 43.2 Å². The predicted octanol–water partition coefficient (Wildman–Crippen LogP) is 4.48. The Morgan fingerprint density at radius 3 is 2.52 bits per heavy atom. The van der Waals surface area contributed by atoms with Crippen molar-refractivity contribution in [1.29, 1.82) is 0 Å².